The van der Waals surface area contributed by atoms with E-state index in [0.717, 1.165) is 38.8 Å². The molecule has 0 unspecified atom stereocenters. The second-order valence-electron chi connectivity index (χ2n) is 4.73. The zero-order valence-electron chi connectivity index (χ0n) is 11.3. The van der Waals surface area contributed by atoms with Crippen molar-refractivity contribution in [2.75, 3.05) is 0 Å². The Labute approximate surface area is 118 Å². The fraction of sp³-hybridized carbons (Fsp3) is 0.250. The highest BCUT2D eigenvalue weighted by atomic mass is 35.5. The zero-order chi connectivity index (χ0) is 14.0. The number of benzene rings is 2. The monoisotopic (exact) mass is 276 g/mol. The molecule has 19 heavy (non-hydrogen) atoms. The summed E-state index contributed by atoms with van der Waals surface area (Å²) in [5, 5.41) is 9.87. The molecule has 0 heterocycles. The maximum atomic E-state index is 9.09. The molecule has 0 saturated carbocycles. The molecule has 0 spiro atoms. The van der Waals surface area contributed by atoms with Gasteiger partial charge in [0.05, 0.1) is 6.61 Å². The van der Waals surface area contributed by atoms with Gasteiger partial charge in [0.25, 0.3) is 0 Å². The molecule has 2 nitrogen and oxygen atoms in total. The van der Waals surface area contributed by atoms with Gasteiger partial charge in [-0.3, -0.25) is 0 Å². The van der Waals surface area contributed by atoms with Crippen molar-refractivity contribution >= 4 is 11.6 Å². The first-order valence-electron chi connectivity index (χ1n) is 6.16. The quantitative estimate of drug-likeness (QED) is 0.891. The van der Waals surface area contributed by atoms with E-state index in [0.29, 0.717) is 0 Å². The van der Waals surface area contributed by atoms with Crippen molar-refractivity contribution in [2.24, 2.45) is 0 Å². The third-order valence-electron chi connectivity index (χ3n) is 3.06. The Morgan fingerprint density at radius 3 is 2.16 bits per heavy atom. The zero-order valence-corrected chi connectivity index (χ0v) is 12.1. The summed E-state index contributed by atoms with van der Waals surface area (Å²) >= 11 is 6.14. The van der Waals surface area contributed by atoms with Crippen LogP contribution in [0.4, 0.5) is 0 Å². The number of halogens is 1. The summed E-state index contributed by atoms with van der Waals surface area (Å²) in [4.78, 5) is 0. The van der Waals surface area contributed by atoms with Crippen LogP contribution in [0.5, 0.6) is 11.5 Å². The lowest BCUT2D eigenvalue weighted by Crippen LogP contribution is -1.92. The summed E-state index contributed by atoms with van der Waals surface area (Å²) in [6, 6.07) is 9.51. The van der Waals surface area contributed by atoms with Crippen LogP contribution in [0, 0.1) is 20.8 Å². The normalized spacial score (nSPS) is 10.6. The number of hydrogen-bond donors (Lipinski definition) is 1. The lowest BCUT2D eigenvalue weighted by atomic mass is 10.1. The summed E-state index contributed by atoms with van der Waals surface area (Å²) in [6.45, 7) is 5.93. The van der Waals surface area contributed by atoms with Crippen LogP contribution in [-0.2, 0) is 6.61 Å². The molecule has 0 amide bonds. The predicted molar refractivity (Wildman–Crippen MR) is 78.1 cm³/mol. The third kappa shape index (κ3) is 3.09. The van der Waals surface area contributed by atoms with Crippen molar-refractivity contribution in [2.45, 2.75) is 27.4 Å². The van der Waals surface area contributed by atoms with Crippen molar-refractivity contribution in [3.8, 4) is 11.5 Å². The maximum Gasteiger partial charge on any atom is 0.130 e. The van der Waals surface area contributed by atoms with Gasteiger partial charge in [0.1, 0.15) is 11.5 Å². The van der Waals surface area contributed by atoms with Gasteiger partial charge in [0.15, 0.2) is 0 Å². The van der Waals surface area contributed by atoms with Gasteiger partial charge in [-0.05, 0) is 61.2 Å². The van der Waals surface area contributed by atoms with Crippen LogP contribution in [0.2, 0.25) is 5.02 Å². The minimum atomic E-state index is 0.0419. The second-order valence-corrected chi connectivity index (χ2v) is 5.11. The highest BCUT2D eigenvalue weighted by Crippen LogP contribution is 2.30. The standard InChI is InChI=1S/C16H17ClO2/c1-10-6-13(9-18)4-5-15(10)19-14-7-11(2)16(17)12(3)8-14/h4-8,18H,9H2,1-3H3. The molecule has 1 N–H and O–H groups in total. The first-order valence-corrected chi connectivity index (χ1v) is 6.54. The Bertz CT molecular complexity index is 583. The minimum absolute atomic E-state index is 0.0419. The van der Waals surface area contributed by atoms with Gasteiger partial charge in [0.2, 0.25) is 0 Å². The summed E-state index contributed by atoms with van der Waals surface area (Å²) in [6.07, 6.45) is 0. The predicted octanol–water partition coefficient (Wildman–Crippen LogP) is 4.55. The first kappa shape index (κ1) is 13.9. The molecule has 0 saturated heterocycles. The van der Waals surface area contributed by atoms with Crippen LogP contribution in [0.15, 0.2) is 30.3 Å². The van der Waals surface area contributed by atoms with E-state index in [1.807, 2.05) is 51.1 Å². The molecule has 0 aliphatic rings. The van der Waals surface area contributed by atoms with Gasteiger partial charge in [0, 0.05) is 5.02 Å². The van der Waals surface area contributed by atoms with Crippen LogP contribution >= 0.6 is 11.6 Å². The number of aryl methyl sites for hydroxylation is 3. The van der Waals surface area contributed by atoms with Crippen molar-refractivity contribution < 1.29 is 9.84 Å². The van der Waals surface area contributed by atoms with Gasteiger partial charge in [-0.25, -0.2) is 0 Å². The summed E-state index contributed by atoms with van der Waals surface area (Å²) in [5.74, 6) is 1.57. The highest BCUT2D eigenvalue weighted by molar-refractivity contribution is 6.32. The van der Waals surface area contributed by atoms with Crippen LogP contribution in [0.3, 0.4) is 0 Å². The molecule has 100 valence electrons. The third-order valence-corrected chi connectivity index (χ3v) is 3.66. The van der Waals surface area contributed by atoms with Crippen LogP contribution in [-0.4, -0.2) is 5.11 Å². The van der Waals surface area contributed by atoms with Crippen molar-refractivity contribution in [1.82, 2.24) is 0 Å². The molecule has 0 aliphatic heterocycles. The van der Waals surface area contributed by atoms with Crippen LogP contribution < -0.4 is 4.74 Å². The largest absolute Gasteiger partial charge is 0.457 e. The molecule has 2 rings (SSSR count). The van der Waals surface area contributed by atoms with E-state index in [4.69, 9.17) is 21.4 Å². The van der Waals surface area contributed by atoms with E-state index < -0.39 is 0 Å². The Hall–Kier alpha value is -1.51. The molecule has 0 fully saturated rings. The van der Waals surface area contributed by atoms with E-state index in [2.05, 4.69) is 0 Å². The fourth-order valence-corrected chi connectivity index (χ4v) is 2.13. The summed E-state index contributed by atoms with van der Waals surface area (Å²) in [5.41, 5.74) is 3.88. The molecule has 2 aromatic carbocycles. The molecular formula is C16H17ClO2. The van der Waals surface area contributed by atoms with E-state index in [1.165, 1.54) is 0 Å². The molecule has 0 aliphatic carbocycles. The molecule has 3 heteroatoms. The summed E-state index contributed by atoms with van der Waals surface area (Å²) in [7, 11) is 0. The Balaban J connectivity index is 2.31. The van der Waals surface area contributed by atoms with Gasteiger partial charge >= 0.3 is 0 Å². The molecule has 0 bridgehead atoms. The SMILES string of the molecule is Cc1cc(CO)ccc1Oc1cc(C)c(Cl)c(C)c1. The topological polar surface area (TPSA) is 29.5 Å². The second kappa shape index (κ2) is 5.64. The molecule has 0 aromatic heterocycles. The van der Waals surface area contributed by atoms with Crippen molar-refractivity contribution in [3.05, 3.63) is 57.6 Å². The van der Waals surface area contributed by atoms with E-state index >= 15 is 0 Å². The number of ether oxygens (including phenoxy) is 1. The van der Waals surface area contributed by atoms with Gasteiger partial charge in [-0.2, -0.15) is 0 Å². The average Bonchev–Trinajstić information content (AvgIpc) is 2.38. The maximum absolute atomic E-state index is 9.09. The van der Waals surface area contributed by atoms with Crippen LogP contribution in [0.25, 0.3) is 0 Å². The number of rotatable bonds is 3. The minimum Gasteiger partial charge on any atom is -0.457 e. The number of aliphatic hydroxyl groups excluding tert-OH is 1. The average molecular weight is 277 g/mol. The molecule has 0 atom stereocenters. The Morgan fingerprint density at radius 1 is 1.00 bits per heavy atom. The van der Waals surface area contributed by atoms with Crippen molar-refractivity contribution in [3.63, 3.8) is 0 Å². The fourth-order valence-electron chi connectivity index (χ4n) is 2.02. The van der Waals surface area contributed by atoms with Crippen molar-refractivity contribution in [1.29, 1.82) is 0 Å². The van der Waals surface area contributed by atoms with E-state index in [1.54, 1.807) is 0 Å². The first-order chi connectivity index (χ1) is 9.01. The Morgan fingerprint density at radius 2 is 1.63 bits per heavy atom. The number of hydrogen-bond acceptors (Lipinski definition) is 2. The Kier molecular flexibility index (Phi) is 4.13. The van der Waals surface area contributed by atoms with E-state index in [9.17, 15) is 0 Å². The molecule has 0 radical (unpaired) electrons. The molecule has 2 aromatic rings. The lowest BCUT2D eigenvalue weighted by Gasteiger charge is -2.12. The highest BCUT2D eigenvalue weighted by Gasteiger charge is 2.06. The van der Waals surface area contributed by atoms with Crippen LogP contribution in [0.1, 0.15) is 22.3 Å². The van der Waals surface area contributed by atoms with E-state index in [-0.39, 0.29) is 6.61 Å². The smallest absolute Gasteiger partial charge is 0.130 e. The number of aliphatic hydroxyl groups is 1. The van der Waals surface area contributed by atoms with Gasteiger partial charge in [-0.1, -0.05) is 23.7 Å². The van der Waals surface area contributed by atoms with Gasteiger partial charge in [-0.15, -0.1) is 0 Å². The summed E-state index contributed by atoms with van der Waals surface area (Å²) < 4.78 is 5.89. The molecular weight excluding hydrogens is 260 g/mol. The lowest BCUT2D eigenvalue weighted by molar-refractivity contribution is 0.281. The van der Waals surface area contributed by atoms with Gasteiger partial charge < -0.3 is 9.84 Å².